The van der Waals surface area contributed by atoms with Gasteiger partial charge in [0.2, 0.25) is 0 Å². The van der Waals surface area contributed by atoms with Crippen LogP contribution in [0.25, 0.3) is 6.08 Å². The molecule has 0 unspecified atom stereocenters. The van der Waals surface area contributed by atoms with Crippen LogP contribution in [-0.2, 0) is 0 Å². The predicted molar refractivity (Wildman–Crippen MR) is 153 cm³/mol. The van der Waals surface area contributed by atoms with Crippen molar-refractivity contribution in [1.29, 1.82) is 0 Å². The van der Waals surface area contributed by atoms with Crippen molar-refractivity contribution >= 4 is 17.5 Å². The van der Waals surface area contributed by atoms with E-state index in [0.29, 0.717) is 23.7 Å². The van der Waals surface area contributed by atoms with E-state index in [4.69, 9.17) is 5.73 Å². The van der Waals surface area contributed by atoms with Crippen LogP contribution in [0, 0.1) is 0 Å². The van der Waals surface area contributed by atoms with Crippen LogP contribution in [0.3, 0.4) is 0 Å². The van der Waals surface area contributed by atoms with E-state index in [1.54, 1.807) is 6.08 Å². The number of aromatic nitrogens is 1. The maximum absolute atomic E-state index is 13.4. The summed E-state index contributed by atoms with van der Waals surface area (Å²) in [4.78, 5) is 22.8. The van der Waals surface area contributed by atoms with E-state index in [1.165, 1.54) is 0 Å². The standard InChI is InChI=1S/C24H31N3O.C7H9N/c1-6-23-22(24(28)21-10-8-7-9-18(4)19(21)5)15-20(16-25-23)27-13-11-26(12-14-27)17(2)3;8-7-5-3-1-2-4-6-7/h6-9,15-17H,1,10-14H2,2-5H3;1-3,5-6H,4,8H2. The maximum Gasteiger partial charge on any atom is 0.191 e. The van der Waals surface area contributed by atoms with Gasteiger partial charge >= 0.3 is 0 Å². The number of pyridine rings is 1. The van der Waals surface area contributed by atoms with E-state index in [-0.39, 0.29) is 5.78 Å². The minimum Gasteiger partial charge on any atom is -0.399 e. The lowest BCUT2D eigenvalue weighted by Crippen LogP contribution is -2.49. The van der Waals surface area contributed by atoms with Crippen molar-refractivity contribution in [1.82, 2.24) is 9.88 Å². The molecule has 1 aromatic heterocycles. The molecule has 2 heterocycles. The maximum atomic E-state index is 13.4. The average Bonchev–Trinajstić information content (AvgIpc) is 3.23. The average molecular weight is 485 g/mol. The minimum absolute atomic E-state index is 0.0573. The number of allylic oxidation sites excluding steroid dienone is 11. The molecule has 2 N–H and O–H groups in total. The Morgan fingerprint density at radius 1 is 1.11 bits per heavy atom. The van der Waals surface area contributed by atoms with Crippen LogP contribution < -0.4 is 10.6 Å². The fraction of sp³-hybridized carbons (Fsp3) is 0.355. The summed E-state index contributed by atoms with van der Waals surface area (Å²) in [6.45, 7) is 16.4. The third kappa shape index (κ3) is 7.05. The highest BCUT2D eigenvalue weighted by atomic mass is 16.1. The van der Waals surface area contributed by atoms with E-state index in [1.807, 2.05) is 55.6 Å². The monoisotopic (exact) mass is 484 g/mol. The van der Waals surface area contributed by atoms with Gasteiger partial charge in [-0.1, -0.05) is 49.1 Å². The van der Waals surface area contributed by atoms with Gasteiger partial charge in [0.25, 0.3) is 0 Å². The van der Waals surface area contributed by atoms with Crippen LogP contribution in [0.4, 0.5) is 5.69 Å². The molecule has 1 saturated heterocycles. The third-order valence-corrected chi connectivity index (χ3v) is 6.90. The molecule has 0 atom stereocenters. The number of hydrogen-bond donors (Lipinski definition) is 1. The molecule has 5 heteroatoms. The van der Waals surface area contributed by atoms with Crippen LogP contribution in [0.1, 0.15) is 56.6 Å². The molecular formula is C31H40N4O. The lowest BCUT2D eigenvalue weighted by Gasteiger charge is -2.38. The lowest BCUT2D eigenvalue weighted by molar-refractivity contribution is 0.103. The molecule has 1 aliphatic heterocycles. The van der Waals surface area contributed by atoms with E-state index in [0.717, 1.165) is 60.7 Å². The summed E-state index contributed by atoms with van der Waals surface area (Å²) in [6.07, 6.45) is 21.2. The van der Waals surface area contributed by atoms with Gasteiger partial charge in [0.1, 0.15) is 0 Å². The SMILES string of the molecule is C=Cc1ncc(N2CCN(C(C)C)CC2)cc1C(=O)C1=C(C)C(C)=CC=CC1.NC1=CCC=CC=C1. The molecule has 5 nitrogen and oxygen atoms in total. The van der Waals surface area contributed by atoms with Crippen LogP contribution in [-0.4, -0.2) is 47.9 Å². The zero-order valence-electron chi connectivity index (χ0n) is 22.2. The van der Waals surface area contributed by atoms with Gasteiger partial charge in [0.05, 0.1) is 17.6 Å². The first-order chi connectivity index (χ1) is 17.3. The van der Waals surface area contributed by atoms with Gasteiger partial charge in [-0.25, -0.2) is 0 Å². The molecule has 0 spiro atoms. The van der Waals surface area contributed by atoms with Crippen molar-refractivity contribution in [2.45, 2.75) is 46.6 Å². The Morgan fingerprint density at radius 2 is 1.86 bits per heavy atom. The number of ketones is 1. The third-order valence-electron chi connectivity index (χ3n) is 6.90. The molecule has 4 rings (SSSR count). The highest BCUT2D eigenvalue weighted by Crippen LogP contribution is 2.27. The van der Waals surface area contributed by atoms with Crippen molar-refractivity contribution in [2.75, 3.05) is 31.1 Å². The number of carbonyl (C=O) groups excluding carboxylic acids is 1. The van der Waals surface area contributed by atoms with Gasteiger partial charge in [0, 0.05) is 49.1 Å². The number of anilines is 1. The number of rotatable bonds is 5. The minimum atomic E-state index is 0.0573. The van der Waals surface area contributed by atoms with Gasteiger partial charge in [0.15, 0.2) is 5.78 Å². The number of nitrogens with two attached hydrogens (primary N) is 1. The van der Waals surface area contributed by atoms with Gasteiger partial charge in [-0.05, 0) is 69.9 Å². The largest absolute Gasteiger partial charge is 0.399 e. The highest BCUT2D eigenvalue weighted by Gasteiger charge is 2.23. The topological polar surface area (TPSA) is 62.5 Å². The Balaban J connectivity index is 0.000000383. The molecule has 0 bridgehead atoms. The Hall–Kier alpha value is -3.44. The van der Waals surface area contributed by atoms with Crippen molar-refractivity contribution < 1.29 is 4.79 Å². The first kappa shape index (κ1) is 27.2. The number of nitrogens with zero attached hydrogens (tertiary/aromatic N) is 3. The van der Waals surface area contributed by atoms with Crippen molar-refractivity contribution in [3.8, 4) is 0 Å². The van der Waals surface area contributed by atoms with Crippen molar-refractivity contribution in [3.05, 3.63) is 101 Å². The summed E-state index contributed by atoms with van der Waals surface area (Å²) in [5, 5.41) is 0. The van der Waals surface area contributed by atoms with Gasteiger partial charge in [-0.3, -0.25) is 14.7 Å². The number of Topliss-reactive ketones (excluding diaryl/α,β-unsaturated/α-hetero) is 1. The van der Waals surface area contributed by atoms with E-state index < -0.39 is 0 Å². The Labute approximate surface area is 216 Å². The first-order valence-corrected chi connectivity index (χ1v) is 12.8. The molecule has 0 aromatic carbocycles. The van der Waals surface area contributed by atoms with Gasteiger partial charge in [-0.15, -0.1) is 0 Å². The summed E-state index contributed by atoms with van der Waals surface area (Å²) in [6, 6.07) is 2.57. The second-order valence-corrected chi connectivity index (χ2v) is 9.59. The smallest absolute Gasteiger partial charge is 0.191 e. The fourth-order valence-electron chi connectivity index (χ4n) is 4.41. The molecule has 0 amide bonds. The van der Waals surface area contributed by atoms with Crippen LogP contribution in [0.15, 0.2) is 89.9 Å². The predicted octanol–water partition coefficient (Wildman–Crippen LogP) is 6.01. The zero-order valence-corrected chi connectivity index (χ0v) is 22.2. The number of carbonyl (C=O) groups is 1. The highest BCUT2D eigenvalue weighted by molar-refractivity contribution is 6.11. The molecule has 2 aliphatic carbocycles. The molecule has 3 aliphatic rings. The second kappa shape index (κ2) is 13.0. The number of hydrogen-bond acceptors (Lipinski definition) is 5. The lowest BCUT2D eigenvalue weighted by atomic mass is 9.93. The van der Waals surface area contributed by atoms with Crippen LogP contribution >= 0.6 is 0 Å². The molecule has 0 radical (unpaired) electrons. The Kier molecular flexibility index (Phi) is 9.83. The van der Waals surface area contributed by atoms with Gasteiger partial charge in [-0.2, -0.15) is 0 Å². The van der Waals surface area contributed by atoms with Crippen molar-refractivity contribution in [3.63, 3.8) is 0 Å². The first-order valence-electron chi connectivity index (χ1n) is 12.8. The molecular weight excluding hydrogens is 444 g/mol. The van der Waals surface area contributed by atoms with E-state index in [9.17, 15) is 4.79 Å². The number of piperazine rings is 1. The fourth-order valence-corrected chi connectivity index (χ4v) is 4.41. The molecule has 1 fully saturated rings. The van der Waals surface area contributed by atoms with E-state index in [2.05, 4.69) is 54.3 Å². The molecule has 190 valence electrons. The Morgan fingerprint density at radius 3 is 2.56 bits per heavy atom. The summed E-state index contributed by atoms with van der Waals surface area (Å²) in [7, 11) is 0. The molecule has 36 heavy (non-hydrogen) atoms. The van der Waals surface area contributed by atoms with Crippen molar-refractivity contribution in [2.24, 2.45) is 5.73 Å². The summed E-state index contributed by atoms with van der Waals surface area (Å²) < 4.78 is 0. The normalized spacial score (nSPS) is 18.2. The summed E-state index contributed by atoms with van der Waals surface area (Å²) >= 11 is 0. The quantitative estimate of drug-likeness (QED) is 0.519. The molecule has 0 saturated carbocycles. The zero-order chi connectivity index (χ0) is 26.1. The molecule has 1 aromatic rings. The van der Waals surface area contributed by atoms with Crippen LogP contribution in [0.5, 0.6) is 0 Å². The summed E-state index contributed by atoms with van der Waals surface area (Å²) in [5.74, 6) is 0.0573. The second-order valence-electron chi connectivity index (χ2n) is 9.59. The van der Waals surface area contributed by atoms with E-state index >= 15 is 0 Å². The van der Waals surface area contributed by atoms with Gasteiger partial charge < -0.3 is 10.6 Å². The summed E-state index contributed by atoms with van der Waals surface area (Å²) in [5.41, 5.74) is 11.7. The van der Waals surface area contributed by atoms with Crippen LogP contribution in [0.2, 0.25) is 0 Å². The Bertz CT molecular complexity index is 1140.